The van der Waals surface area contributed by atoms with Crippen molar-refractivity contribution in [3.8, 4) is 50.8 Å². The lowest BCUT2D eigenvalue weighted by Crippen LogP contribution is -2.10. The van der Waals surface area contributed by atoms with Gasteiger partial charge in [-0.15, -0.1) is 0 Å². The molecule has 0 bridgehead atoms. The van der Waals surface area contributed by atoms with Gasteiger partial charge >= 0.3 is 6.18 Å². The van der Waals surface area contributed by atoms with Gasteiger partial charge in [0, 0.05) is 21.5 Å². The lowest BCUT2D eigenvalue weighted by Gasteiger charge is -2.21. The van der Waals surface area contributed by atoms with Gasteiger partial charge in [0.25, 0.3) is 0 Å². The van der Waals surface area contributed by atoms with Crippen LogP contribution in [0.4, 0.5) is 13.2 Å². The van der Waals surface area contributed by atoms with Crippen LogP contribution in [0.2, 0.25) is 0 Å². The van der Waals surface area contributed by atoms with E-state index in [-0.39, 0.29) is 5.56 Å². The molecule has 2 heterocycles. The second-order valence-electron chi connectivity index (χ2n) is 15.3. The molecule has 0 saturated carbocycles. The molecule has 10 aromatic rings. The summed E-state index contributed by atoms with van der Waals surface area (Å²) in [4.78, 5) is 0. The molecule has 0 amide bonds. The third-order valence-corrected chi connectivity index (χ3v) is 11.8. The largest absolute Gasteiger partial charge is 0.417 e. The maximum Gasteiger partial charge on any atom is 0.417 e. The van der Waals surface area contributed by atoms with Gasteiger partial charge in [0.1, 0.15) is 11.6 Å². The quantitative estimate of drug-likeness (QED) is 0.172. The molecular formula is C53H36F3N3. The van der Waals surface area contributed by atoms with Crippen molar-refractivity contribution in [3.63, 3.8) is 0 Å². The van der Waals surface area contributed by atoms with Crippen LogP contribution in [0, 0.1) is 32.1 Å². The van der Waals surface area contributed by atoms with E-state index in [1.54, 1.807) is 25.1 Å². The maximum atomic E-state index is 15.1. The van der Waals surface area contributed by atoms with Gasteiger partial charge in [-0.2, -0.15) is 18.4 Å². The molecule has 0 unspecified atom stereocenters. The number of aryl methyl sites for hydroxylation is 3. The van der Waals surface area contributed by atoms with Crippen LogP contribution in [0.15, 0.2) is 164 Å². The average Bonchev–Trinajstić information content (AvgIpc) is 3.75. The summed E-state index contributed by atoms with van der Waals surface area (Å²) in [5.74, 6) is 0. The molecule has 0 saturated heterocycles. The molecule has 0 aliphatic heterocycles. The summed E-state index contributed by atoms with van der Waals surface area (Å²) in [6, 6.07) is 55.6. The Kier molecular flexibility index (Phi) is 8.33. The van der Waals surface area contributed by atoms with Crippen molar-refractivity contribution in [1.82, 2.24) is 9.13 Å². The van der Waals surface area contributed by atoms with E-state index in [1.807, 2.05) is 60.7 Å². The van der Waals surface area contributed by atoms with E-state index in [2.05, 4.69) is 102 Å². The summed E-state index contributed by atoms with van der Waals surface area (Å²) in [6.45, 7) is 5.87. The highest BCUT2D eigenvalue weighted by Crippen LogP contribution is 2.45. The standard InChI is InChI=1S/C53H36F3N3/c1-32-13-4-6-16-38(32)35-23-25-42-40-18-8-10-21-46(40)58(48(42)27-35)50-29-37(52-34(3)15-12-20-45(52)53(54,55)56)30-51(44(50)31-57)59-47-22-11-9-19-41(47)43-26-24-36(28-49(43)59)39-17-7-5-14-33(39)2/h4-30H,1-3H3. The molecule has 6 heteroatoms. The number of para-hydroxylation sites is 2. The van der Waals surface area contributed by atoms with Crippen molar-refractivity contribution in [2.45, 2.75) is 26.9 Å². The van der Waals surface area contributed by atoms with Gasteiger partial charge in [0.05, 0.1) is 39.0 Å². The van der Waals surface area contributed by atoms with Crippen LogP contribution in [0.25, 0.3) is 88.4 Å². The van der Waals surface area contributed by atoms with Crippen LogP contribution in [0.1, 0.15) is 27.8 Å². The Morgan fingerprint density at radius 2 is 0.881 bits per heavy atom. The van der Waals surface area contributed by atoms with Gasteiger partial charge < -0.3 is 9.13 Å². The van der Waals surface area contributed by atoms with Gasteiger partial charge in [-0.25, -0.2) is 0 Å². The molecule has 0 fully saturated rings. The van der Waals surface area contributed by atoms with E-state index >= 15 is 13.2 Å². The number of aromatic nitrogens is 2. The first kappa shape index (κ1) is 36.0. The Morgan fingerprint density at radius 1 is 0.441 bits per heavy atom. The van der Waals surface area contributed by atoms with Crippen LogP contribution in [0.5, 0.6) is 0 Å². The molecule has 0 N–H and O–H groups in total. The summed E-state index contributed by atoms with van der Waals surface area (Å²) in [5, 5.41) is 15.4. The Hall–Kier alpha value is -7.36. The van der Waals surface area contributed by atoms with Crippen LogP contribution >= 0.6 is 0 Å². The van der Waals surface area contributed by atoms with E-state index in [0.717, 1.165) is 83.1 Å². The molecule has 8 aromatic carbocycles. The monoisotopic (exact) mass is 771 g/mol. The minimum Gasteiger partial charge on any atom is -0.308 e. The van der Waals surface area contributed by atoms with Gasteiger partial charge in [-0.3, -0.25) is 0 Å². The number of benzene rings is 8. The van der Waals surface area contributed by atoms with E-state index in [9.17, 15) is 5.26 Å². The lowest BCUT2D eigenvalue weighted by atomic mass is 9.92. The molecule has 0 aliphatic rings. The molecule has 0 aliphatic carbocycles. The summed E-state index contributed by atoms with van der Waals surface area (Å²) >= 11 is 0. The summed E-state index contributed by atoms with van der Waals surface area (Å²) in [7, 11) is 0. The minimum absolute atomic E-state index is 0.0784. The van der Waals surface area contributed by atoms with Crippen LogP contribution in [0.3, 0.4) is 0 Å². The number of nitriles is 1. The number of nitrogens with zero attached hydrogens (tertiary/aromatic N) is 3. The van der Waals surface area contributed by atoms with Crippen molar-refractivity contribution < 1.29 is 13.2 Å². The topological polar surface area (TPSA) is 33.6 Å². The van der Waals surface area contributed by atoms with E-state index < -0.39 is 11.7 Å². The average molecular weight is 772 g/mol. The van der Waals surface area contributed by atoms with Gasteiger partial charge in [-0.05, 0) is 113 Å². The third-order valence-electron chi connectivity index (χ3n) is 11.8. The first-order valence-corrected chi connectivity index (χ1v) is 19.6. The Bertz CT molecular complexity index is 3190. The number of hydrogen-bond donors (Lipinski definition) is 0. The highest BCUT2D eigenvalue weighted by molar-refractivity contribution is 6.12. The van der Waals surface area contributed by atoms with Crippen molar-refractivity contribution in [2.75, 3.05) is 0 Å². The van der Waals surface area contributed by atoms with Crippen molar-refractivity contribution in [1.29, 1.82) is 5.26 Å². The van der Waals surface area contributed by atoms with Crippen LogP contribution < -0.4 is 0 Å². The normalized spacial score (nSPS) is 11.9. The fraction of sp³-hybridized carbons (Fsp3) is 0.0755. The summed E-state index contributed by atoms with van der Waals surface area (Å²) in [6.07, 6.45) is -4.62. The third kappa shape index (κ3) is 5.73. The first-order chi connectivity index (χ1) is 28.6. The second-order valence-corrected chi connectivity index (χ2v) is 15.3. The minimum atomic E-state index is -4.62. The molecule has 0 spiro atoms. The SMILES string of the molecule is Cc1ccccc1-c1ccc2c3ccccc3n(-c3cc(-c4c(C)cccc4C(F)(F)F)cc(-n4c5ccccc5c5ccc(-c6ccccc6C)cc54)c3C#N)c2c1. The van der Waals surface area contributed by atoms with Crippen molar-refractivity contribution in [2.24, 2.45) is 0 Å². The predicted molar refractivity (Wildman–Crippen MR) is 235 cm³/mol. The summed E-state index contributed by atoms with van der Waals surface area (Å²) in [5.41, 5.74) is 11.3. The number of alkyl halides is 3. The predicted octanol–water partition coefficient (Wildman–Crippen LogP) is 14.7. The Labute approximate surface area is 339 Å². The molecule has 2 aromatic heterocycles. The number of hydrogen-bond acceptors (Lipinski definition) is 1. The van der Waals surface area contributed by atoms with Crippen LogP contribution in [-0.2, 0) is 6.18 Å². The molecule has 284 valence electrons. The van der Waals surface area contributed by atoms with E-state index in [1.165, 1.54) is 6.07 Å². The van der Waals surface area contributed by atoms with Gasteiger partial charge in [-0.1, -0.05) is 121 Å². The zero-order valence-electron chi connectivity index (χ0n) is 32.6. The molecular weight excluding hydrogens is 736 g/mol. The van der Waals surface area contributed by atoms with Gasteiger partial charge in [0.15, 0.2) is 0 Å². The van der Waals surface area contributed by atoms with E-state index in [4.69, 9.17) is 0 Å². The summed E-state index contributed by atoms with van der Waals surface area (Å²) < 4.78 is 49.3. The smallest absolute Gasteiger partial charge is 0.308 e. The van der Waals surface area contributed by atoms with Crippen molar-refractivity contribution >= 4 is 43.6 Å². The fourth-order valence-corrected chi connectivity index (χ4v) is 9.10. The van der Waals surface area contributed by atoms with Crippen molar-refractivity contribution in [3.05, 3.63) is 192 Å². The lowest BCUT2D eigenvalue weighted by molar-refractivity contribution is -0.137. The molecule has 0 atom stereocenters. The molecule has 59 heavy (non-hydrogen) atoms. The van der Waals surface area contributed by atoms with Gasteiger partial charge in [0.2, 0.25) is 0 Å². The Balaban J connectivity index is 1.38. The highest BCUT2D eigenvalue weighted by atomic mass is 19.4. The molecule has 0 radical (unpaired) electrons. The Morgan fingerprint density at radius 3 is 1.36 bits per heavy atom. The zero-order valence-corrected chi connectivity index (χ0v) is 32.6. The highest BCUT2D eigenvalue weighted by Gasteiger charge is 2.35. The van der Waals surface area contributed by atoms with Crippen LogP contribution in [-0.4, -0.2) is 9.13 Å². The molecule has 10 rings (SSSR count). The zero-order chi connectivity index (χ0) is 40.6. The number of halogens is 3. The number of fused-ring (bicyclic) bond motifs is 6. The maximum absolute atomic E-state index is 15.1. The fourth-order valence-electron chi connectivity index (χ4n) is 9.10. The second kappa shape index (κ2) is 13.6. The number of rotatable bonds is 5. The molecule has 3 nitrogen and oxygen atoms in total. The van der Waals surface area contributed by atoms with E-state index in [0.29, 0.717) is 28.1 Å². The first-order valence-electron chi connectivity index (χ1n) is 19.6.